The highest BCUT2D eigenvalue weighted by Gasteiger charge is 2.18. The fourth-order valence-electron chi connectivity index (χ4n) is 1.64. The molecule has 0 atom stereocenters. The normalized spacial score (nSPS) is 11.4. The van der Waals surface area contributed by atoms with E-state index in [1.54, 1.807) is 38.1 Å². The van der Waals surface area contributed by atoms with Gasteiger partial charge in [0.2, 0.25) is 5.91 Å². The predicted octanol–water partition coefficient (Wildman–Crippen LogP) is 1.64. The highest BCUT2D eigenvalue weighted by molar-refractivity contribution is 7.90. The van der Waals surface area contributed by atoms with E-state index in [1.165, 1.54) is 11.2 Å². The molecule has 19 heavy (non-hydrogen) atoms. The number of benzene rings is 1. The predicted molar refractivity (Wildman–Crippen MR) is 76.2 cm³/mol. The molecule has 0 saturated carbocycles. The third-order valence-electron chi connectivity index (χ3n) is 2.48. The van der Waals surface area contributed by atoms with Crippen molar-refractivity contribution in [3.05, 3.63) is 24.3 Å². The minimum absolute atomic E-state index is 0.205. The number of amides is 1. The summed E-state index contributed by atoms with van der Waals surface area (Å²) in [5.41, 5.74) is 0.963. The van der Waals surface area contributed by atoms with Gasteiger partial charge in [-0.2, -0.15) is 12.7 Å². The van der Waals surface area contributed by atoms with Gasteiger partial charge in [-0.05, 0) is 18.2 Å². The Morgan fingerprint density at radius 3 is 2.32 bits per heavy atom. The van der Waals surface area contributed by atoms with Crippen molar-refractivity contribution in [3.8, 4) is 0 Å². The van der Waals surface area contributed by atoms with Crippen molar-refractivity contribution in [3.63, 3.8) is 0 Å². The van der Waals surface area contributed by atoms with Gasteiger partial charge in [-0.25, -0.2) is 0 Å². The number of hydrogen-bond donors (Lipinski definition) is 2. The van der Waals surface area contributed by atoms with Gasteiger partial charge in [0.1, 0.15) is 0 Å². The van der Waals surface area contributed by atoms with Gasteiger partial charge in [-0.15, -0.1) is 0 Å². The fraction of sp³-hybridized carbons (Fsp3) is 0.417. The summed E-state index contributed by atoms with van der Waals surface area (Å²) in [6.45, 7) is 5.74. The third kappa shape index (κ3) is 4.53. The van der Waals surface area contributed by atoms with Gasteiger partial charge < -0.3 is 5.32 Å². The molecule has 1 rings (SSSR count). The summed E-state index contributed by atoms with van der Waals surface area (Å²) >= 11 is 0. The summed E-state index contributed by atoms with van der Waals surface area (Å²) in [5, 5.41) is 2.60. The molecule has 0 heterocycles. The minimum Gasteiger partial charge on any atom is -0.326 e. The first-order chi connectivity index (χ1) is 8.89. The summed E-state index contributed by atoms with van der Waals surface area (Å²) < 4.78 is 27.8. The van der Waals surface area contributed by atoms with Crippen molar-refractivity contribution in [1.29, 1.82) is 0 Å². The second kappa shape index (κ2) is 6.53. The van der Waals surface area contributed by atoms with Crippen molar-refractivity contribution in [2.75, 3.05) is 23.1 Å². The van der Waals surface area contributed by atoms with Crippen LogP contribution in [0.5, 0.6) is 0 Å². The Morgan fingerprint density at radius 1 is 1.21 bits per heavy atom. The van der Waals surface area contributed by atoms with Gasteiger partial charge in [0.05, 0.1) is 5.69 Å². The fourth-order valence-corrected chi connectivity index (χ4v) is 2.87. The zero-order valence-electron chi connectivity index (χ0n) is 11.3. The van der Waals surface area contributed by atoms with Crippen LogP contribution < -0.4 is 10.0 Å². The van der Waals surface area contributed by atoms with Crippen molar-refractivity contribution in [1.82, 2.24) is 4.31 Å². The summed E-state index contributed by atoms with van der Waals surface area (Å²) in [7, 11) is -3.55. The van der Waals surface area contributed by atoms with Crippen molar-refractivity contribution in [2.24, 2.45) is 0 Å². The smallest absolute Gasteiger partial charge is 0.301 e. The summed E-state index contributed by atoms with van der Waals surface area (Å²) in [6.07, 6.45) is 0. The average Bonchev–Trinajstić information content (AvgIpc) is 2.28. The number of carbonyl (C=O) groups excluding carboxylic acids is 1. The number of nitrogens with zero attached hydrogens (tertiary/aromatic N) is 1. The molecular weight excluding hydrogens is 266 g/mol. The van der Waals surface area contributed by atoms with Gasteiger partial charge in [-0.1, -0.05) is 19.9 Å². The molecule has 0 unspecified atom stereocenters. The number of nitrogens with one attached hydrogen (secondary N) is 2. The van der Waals surface area contributed by atoms with Crippen molar-refractivity contribution >= 4 is 27.5 Å². The van der Waals surface area contributed by atoms with Crippen LogP contribution in [-0.2, 0) is 15.0 Å². The van der Waals surface area contributed by atoms with Gasteiger partial charge in [0.25, 0.3) is 0 Å². The van der Waals surface area contributed by atoms with Crippen LogP contribution in [0.2, 0.25) is 0 Å². The molecule has 0 saturated heterocycles. The molecule has 2 N–H and O–H groups in total. The van der Waals surface area contributed by atoms with Gasteiger partial charge in [0.15, 0.2) is 0 Å². The Hall–Kier alpha value is -1.60. The average molecular weight is 285 g/mol. The molecule has 0 aliphatic rings. The highest BCUT2D eigenvalue weighted by Crippen LogP contribution is 2.17. The summed E-state index contributed by atoms with van der Waals surface area (Å²) in [6, 6.07) is 6.57. The molecule has 0 spiro atoms. The van der Waals surface area contributed by atoms with Gasteiger partial charge >= 0.3 is 10.2 Å². The second-order valence-electron chi connectivity index (χ2n) is 3.95. The van der Waals surface area contributed by atoms with Crippen LogP contribution in [0.15, 0.2) is 24.3 Å². The Kier molecular flexibility index (Phi) is 5.31. The summed E-state index contributed by atoms with van der Waals surface area (Å²) in [4.78, 5) is 11.0. The Labute approximate surface area is 114 Å². The molecule has 6 nitrogen and oxygen atoms in total. The second-order valence-corrected chi connectivity index (χ2v) is 5.62. The van der Waals surface area contributed by atoms with E-state index in [1.807, 2.05) is 0 Å². The van der Waals surface area contributed by atoms with Crippen molar-refractivity contribution < 1.29 is 13.2 Å². The first-order valence-corrected chi connectivity index (χ1v) is 7.48. The number of carbonyl (C=O) groups is 1. The molecule has 0 aromatic heterocycles. The molecule has 1 aromatic carbocycles. The van der Waals surface area contributed by atoms with Crippen molar-refractivity contribution in [2.45, 2.75) is 20.8 Å². The lowest BCUT2D eigenvalue weighted by Gasteiger charge is -2.19. The Balaban J connectivity index is 2.90. The molecule has 0 bridgehead atoms. The largest absolute Gasteiger partial charge is 0.326 e. The zero-order chi connectivity index (χ0) is 14.5. The van der Waals surface area contributed by atoms with E-state index < -0.39 is 10.2 Å². The van der Waals surface area contributed by atoms with E-state index in [-0.39, 0.29) is 5.91 Å². The van der Waals surface area contributed by atoms with E-state index in [4.69, 9.17) is 0 Å². The van der Waals surface area contributed by atoms with E-state index in [9.17, 15) is 13.2 Å². The summed E-state index contributed by atoms with van der Waals surface area (Å²) in [5.74, 6) is -0.205. The van der Waals surface area contributed by atoms with Crippen LogP contribution in [0.3, 0.4) is 0 Å². The maximum absolute atomic E-state index is 12.0. The third-order valence-corrected chi connectivity index (χ3v) is 4.16. The number of anilines is 2. The lowest BCUT2D eigenvalue weighted by atomic mass is 10.3. The molecule has 1 amide bonds. The maximum Gasteiger partial charge on any atom is 0.301 e. The van der Waals surface area contributed by atoms with Crippen LogP contribution >= 0.6 is 0 Å². The van der Waals surface area contributed by atoms with Crippen LogP contribution in [0.25, 0.3) is 0 Å². The van der Waals surface area contributed by atoms with Gasteiger partial charge in [0, 0.05) is 25.7 Å². The highest BCUT2D eigenvalue weighted by atomic mass is 32.2. The van der Waals surface area contributed by atoms with Crippen LogP contribution in [0.1, 0.15) is 20.8 Å². The topological polar surface area (TPSA) is 78.5 Å². The molecule has 0 radical (unpaired) electrons. The van der Waals surface area contributed by atoms with Gasteiger partial charge in [-0.3, -0.25) is 9.52 Å². The van der Waals surface area contributed by atoms with E-state index >= 15 is 0 Å². The molecule has 0 fully saturated rings. The monoisotopic (exact) mass is 285 g/mol. The lowest BCUT2D eigenvalue weighted by Crippen LogP contribution is -2.35. The number of rotatable bonds is 6. The SMILES string of the molecule is CCN(CC)S(=O)(=O)Nc1cccc(NC(C)=O)c1. The molecule has 1 aromatic rings. The minimum atomic E-state index is -3.55. The Bertz CT molecular complexity index is 539. The maximum atomic E-state index is 12.0. The van der Waals surface area contributed by atoms with E-state index in [2.05, 4.69) is 10.0 Å². The van der Waals surface area contributed by atoms with E-state index in [0.717, 1.165) is 0 Å². The van der Waals surface area contributed by atoms with E-state index in [0.29, 0.717) is 24.5 Å². The quantitative estimate of drug-likeness (QED) is 0.834. The number of hydrogen-bond acceptors (Lipinski definition) is 3. The van der Waals surface area contributed by atoms with Crippen LogP contribution in [0, 0.1) is 0 Å². The first kappa shape index (κ1) is 15.5. The van der Waals surface area contributed by atoms with Crippen LogP contribution in [0.4, 0.5) is 11.4 Å². The van der Waals surface area contributed by atoms with Crippen LogP contribution in [-0.4, -0.2) is 31.7 Å². The lowest BCUT2D eigenvalue weighted by molar-refractivity contribution is -0.114. The molecular formula is C12H19N3O3S. The molecule has 7 heteroatoms. The Morgan fingerprint density at radius 2 is 1.79 bits per heavy atom. The first-order valence-electron chi connectivity index (χ1n) is 6.04. The molecule has 106 valence electrons. The standard InChI is InChI=1S/C12H19N3O3S/c1-4-15(5-2)19(17,18)14-12-8-6-7-11(9-12)13-10(3)16/h6-9,14H,4-5H2,1-3H3,(H,13,16). The molecule has 0 aliphatic heterocycles. The zero-order valence-corrected chi connectivity index (χ0v) is 12.1. The molecule has 0 aliphatic carbocycles.